The Balaban J connectivity index is 2.06. The molecule has 0 fully saturated rings. The Morgan fingerprint density at radius 1 is 0.885 bits per heavy atom. The third-order valence-corrected chi connectivity index (χ3v) is 4.39. The Morgan fingerprint density at radius 3 is 2.27 bits per heavy atom. The summed E-state index contributed by atoms with van der Waals surface area (Å²) in [7, 11) is 1.61. The van der Waals surface area contributed by atoms with Crippen molar-refractivity contribution in [1.82, 2.24) is 4.57 Å². The number of hydrogen-bond acceptors (Lipinski definition) is 2. The van der Waals surface area contributed by atoms with Gasteiger partial charge in [0.2, 0.25) is 0 Å². The van der Waals surface area contributed by atoms with Crippen LogP contribution in [0.2, 0.25) is 0 Å². The maximum absolute atomic E-state index is 13.4. The number of ether oxygens (including phenoxy) is 1. The van der Waals surface area contributed by atoms with Crippen LogP contribution in [0.4, 0.5) is 4.39 Å². The van der Waals surface area contributed by atoms with Gasteiger partial charge in [-0.05, 0) is 66.2 Å². The van der Waals surface area contributed by atoms with Gasteiger partial charge in [0.05, 0.1) is 18.3 Å². The standard InChI is InChI=1S/C22H16FNO2/c1-26-18-12-6-15(7-13-18)21-14-22(25)19-4-2-3-5-20(19)24(21)17-10-8-16(23)9-11-17/h2-14H,1H3. The van der Waals surface area contributed by atoms with Crippen LogP contribution >= 0.6 is 0 Å². The minimum Gasteiger partial charge on any atom is -0.497 e. The molecule has 4 aromatic rings. The fourth-order valence-corrected chi connectivity index (χ4v) is 3.12. The molecule has 3 aromatic carbocycles. The maximum atomic E-state index is 13.4. The van der Waals surface area contributed by atoms with Crippen LogP contribution in [0.5, 0.6) is 5.75 Å². The Labute approximate surface area is 149 Å². The topological polar surface area (TPSA) is 31.2 Å². The number of aromatic nitrogens is 1. The third-order valence-electron chi connectivity index (χ3n) is 4.39. The van der Waals surface area contributed by atoms with Crippen molar-refractivity contribution < 1.29 is 9.13 Å². The lowest BCUT2D eigenvalue weighted by Crippen LogP contribution is -2.10. The lowest BCUT2D eigenvalue weighted by Gasteiger charge is -2.17. The van der Waals surface area contributed by atoms with E-state index in [1.165, 1.54) is 12.1 Å². The molecule has 0 saturated heterocycles. The van der Waals surface area contributed by atoms with Gasteiger partial charge in [0.15, 0.2) is 5.43 Å². The van der Waals surface area contributed by atoms with Crippen LogP contribution in [0.25, 0.3) is 27.8 Å². The molecule has 0 aliphatic rings. The quantitative estimate of drug-likeness (QED) is 0.534. The molecule has 3 nitrogen and oxygen atoms in total. The molecule has 4 rings (SSSR count). The smallest absolute Gasteiger partial charge is 0.190 e. The Bertz CT molecular complexity index is 1130. The van der Waals surface area contributed by atoms with E-state index in [9.17, 15) is 9.18 Å². The number of methoxy groups -OCH3 is 1. The fourth-order valence-electron chi connectivity index (χ4n) is 3.12. The second-order valence-corrected chi connectivity index (χ2v) is 5.95. The van der Waals surface area contributed by atoms with Crippen LogP contribution in [-0.4, -0.2) is 11.7 Å². The molecule has 0 spiro atoms. The Kier molecular flexibility index (Phi) is 4.01. The Morgan fingerprint density at radius 2 is 1.58 bits per heavy atom. The van der Waals surface area contributed by atoms with Gasteiger partial charge in [-0.3, -0.25) is 4.79 Å². The summed E-state index contributed by atoms with van der Waals surface area (Å²) in [6.07, 6.45) is 0. The van der Waals surface area contributed by atoms with E-state index in [4.69, 9.17) is 4.74 Å². The average Bonchev–Trinajstić information content (AvgIpc) is 2.69. The zero-order chi connectivity index (χ0) is 18.1. The predicted molar refractivity (Wildman–Crippen MR) is 101 cm³/mol. The van der Waals surface area contributed by atoms with Crippen molar-refractivity contribution in [2.24, 2.45) is 0 Å². The van der Waals surface area contributed by atoms with E-state index in [2.05, 4.69) is 0 Å². The largest absolute Gasteiger partial charge is 0.497 e. The van der Waals surface area contributed by atoms with Gasteiger partial charge in [0.1, 0.15) is 11.6 Å². The summed E-state index contributed by atoms with van der Waals surface area (Å²) in [5, 5.41) is 0.620. The van der Waals surface area contributed by atoms with Gasteiger partial charge in [-0.25, -0.2) is 4.39 Å². The summed E-state index contributed by atoms with van der Waals surface area (Å²) in [4.78, 5) is 12.6. The van der Waals surface area contributed by atoms with Crippen molar-refractivity contribution in [2.45, 2.75) is 0 Å². The molecule has 0 aliphatic heterocycles. The summed E-state index contributed by atoms with van der Waals surface area (Å²) in [5.74, 6) is 0.440. The number of fused-ring (bicyclic) bond motifs is 1. The van der Waals surface area contributed by atoms with Gasteiger partial charge >= 0.3 is 0 Å². The number of nitrogens with zero attached hydrogens (tertiary/aromatic N) is 1. The highest BCUT2D eigenvalue weighted by Crippen LogP contribution is 2.28. The summed E-state index contributed by atoms with van der Waals surface area (Å²) >= 11 is 0. The SMILES string of the molecule is COc1ccc(-c2cc(=O)c3ccccc3n2-c2ccc(F)cc2)cc1. The van der Waals surface area contributed by atoms with E-state index >= 15 is 0 Å². The zero-order valence-corrected chi connectivity index (χ0v) is 14.1. The number of rotatable bonds is 3. The van der Waals surface area contributed by atoms with E-state index in [-0.39, 0.29) is 11.2 Å². The van der Waals surface area contributed by atoms with Crippen molar-refractivity contribution in [3.63, 3.8) is 0 Å². The maximum Gasteiger partial charge on any atom is 0.190 e. The molecule has 1 heterocycles. The summed E-state index contributed by atoms with van der Waals surface area (Å²) in [6, 6.07) is 22.8. The number of para-hydroxylation sites is 1. The second-order valence-electron chi connectivity index (χ2n) is 5.95. The van der Waals surface area contributed by atoms with Crippen molar-refractivity contribution in [3.05, 3.63) is 94.9 Å². The molecule has 0 amide bonds. The number of hydrogen-bond donors (Lipinski definition) is 0. The molecule has 0 aliphatic carbocycles. The van der Waals surface area contributed by atoms with E-state index < -0.39 is 0 Å². The average molecular weight is 345 g/mol. The van der Waals surface area contributed by atoms with Crippen LogP contribution in [0.15, 0.2) is 83.7 Å². The Hall–Kier alpha value is -3.40. The summed E-state index contributed by atoms with van der Waals surface area (Å²) in [6.45, 7) is 0. The molecular weight excluding hydrogens is 329 g/mol. The van der Waals surface area contributed by atoms with Crippen LogP contribution in [0, 0.1) is 5.82 Å². The number of pyridine rings is 1. The van der Waals surface area contributed by atoms with Crippen molar-refractivity contribution in [3.8, 4) is 22.7 Å². The molecule has 26 heavy (non-hydrogen) atoms. The molecule has 1 aromatic heterocycles. The van der Waals surface area contributed by atoms with Gasteiger partial charge in [0, 0.05) is 17.1 Å². The first-order chi connectivity index (χ1) is 12.7. The van der Waals surface area contributed by atoms with E-state index in [1.807, 2.05) is 47.0 Å². The second kappa shape index (κ2) is 6.48. The molecule has 0 unspecified atom stereocenters. The number of halogens is 1. The monoisotopic (exact) mass is 345 g/mol. The predicted octanol–water partition coefficient (Wildman–Crippen LogP) is 4.81. The highest BCUT2D eigenvalue weighted by molar-refractivity contribution is 5.84. The zero-order valence-electron chi connectivity index (χ0n) is 14.1. The van der Waals surface area contributed by atoms with Gasteiger partial charge in [0.25, 0.3) is 0 Å². The molecule has 0 saturated carbocycles. The highest BCUT2D eigenvalue weighted by atomic mass is 19.1. The van der Waals surface area contributed by atoms with Crippen molar-refractivity contribution in [2.75, 3.05) is 7.11 Å². The third kappa shape index (κ3) is 2.75. The minimum absolute atomic E-state index is 0.0511. The van der Waals surface area contributed by atoms with Gasteiger partial charge in [-0.15, -0.1) is 0 Å². The van der Waals surface area contributed by atoms with Gasteiger partial charge in [-0.2, -0.15) is 0 Å². The van der Waals surface area contributed by atoms with Crippen molar-refractivity contribution in [1.29, 1.82) is 0 Å². The minimum atomic E-state index is -0.301. The highest BCUT2D eigenvalue weighted by Gasteiger charge is 2.12. The molecule has 0 radical (unpaired) electrons. The van der Waals surface area contributed by atoms with Crippen LogP contribution in [0.3, 0.4) is 0 Å². The van der Waals surface area contributed by atoms with E-state index in [0.29, 0.717) is 5.39 Å². The fraction of sp³-hybridized carbons (Fsp3) is 0.0455. The molecule has 4 heteroatoms. The number of benzene rings is 3. The van der Waals surface area contributed by atoms with Gasteiger partial charge in [-0.1, -0.05) is 12.1 Å². The molecular formula is C22H16FNO2. The lowest BCUT2D eigenvalue weighted by molar-refractivity contribution is 0.415. The van der Waals surface area contributed by atoms with E-state index in [0.717, 1.165) is 28.2 Å². The first kappa shape index (κ1) is 16.1. The lowest BCUT2D eigenvalue weighted by atomic mass is 10.1. The molecule has 0 N–H and O–H groups in total. The first-order valence-corrected chi connectivity index (χ1v) is 8.22. The van der Waals surface area contributed by atoms with E-state index in [1.54, 1.807) is 31.4 Å². The van der Waals surface area contributed by atoms with Gasteiger partial charge < -0.3 is 9.30 Å². The normalized spacial score (nSPS) is 10.8. The summed E-state index contributed by atoms with van der Waals surface area (Å²) < 4.78 is 20.6. The first-order valence-electron chi connectivity index (χ1n) is 8.22. The van der Waals surface area contributed by atoms with Crippen LogP contribution in [0.1, 0.15) is 0 Å². The van der Waals surface area contributed by atoms with Crippen LogP contribution < -0.4 is 10.2 Å². The summed E-state index contributed by atoms with van der Waals surface area (Å²) in [5.41, 5.74) is 3.12. The molecule has 0 bridgehead atoms. The van der Waals surface area contributed by atoms with Crippen LogP contribution in [-0.2, 0) is 0 Å². The molecule has 0 atom stereocenters. The van der Waals surface area contributed by atoms with Crippen molar-refractivity contribution >= 4 is 10.9 Å². The molecule has 128 valence electrons.